The number of hydrogen-bond acceptors (Lipinski definition) is 5. The monoisotopic (exact) mass is 288 g/mol. The van der Waals surface area contributed by atoms with Gasteiger partial charge in [0.25, 0.3) is 0 Å². The van der Waals surface area contributed by atoms with Crippen molar-refractivity contribution in [1.29, 1.82) is 0 Å². The molecule has 0 fully saturated rings. The average Bonchev–Trinajstić information content (AvgIpc) is 2.74. The fraction of sp³-hybridized carbons (Fsp3) is 0.400. The number of anilines is 1. The highest BCUT2D eigenvalue weighted by molar-refractivity contribution is 6.05. The van der Waals surface area contributed by atoms with Crippen molar-refractivity contribution in [3.05, 3.63) is 30.1 Å². The van der Waals surface area contributed by atoms with Crippen molar-refractivity contribution < 1.29 is 9.53 Å². The lowest BCUT2D eigenvalue weighted by molar-refractivity contribution is 0.0527. The quantitative estimate of drug-likeness (QED) is 0.676. The van der Waals surface area contributed by atoms with E-state index in [1.807, 2.05) is 20.9 Å². The fourth-order valence-corrected chi connectivity index (χ4v) is 2.21. The minimum Gasteiger partial charge on any atom is -0.462 e. The van der Waals surface area contributed by atoms with Crippen LogP contribution in [0.1, 0.15) is 29.9 Å². The first-order valence-electron chi connectivity index (χ1n) is 6.88. The first kappa shape index (κ1) is 15.0. The molecule has 0 spiro atoms. The average molecular weight is 288 g/mol. The van der Waals surface area contributed by atoms with Crippen molar-refractivity contribution in [2.24, 2.45) is 7.05 Å². The van der Waals surface area contributed by atoms with Crippen LogP contribution < -0.4 is 5.32 Å². The first-order valence-corrected chi connectivity index (χ1v) is 6.88. The Labute approximate surface area is 123 Å². The van der Waals surface area contributed by atoms with Crippen LogP contribution in [0.15, 0.2) is 18.9 Å². The van der Waals surface area contributed by atoms with Gasteiger partial charge in [0.05, 0.1) is 23.4 Å². The molecule has 6 heteroatoms. The predicted molar refractivity (Wildman–Crippen MR) is 82.5 cm³/mol. The van der Waals surface area contributed by atoms with Crippen LogP contribution in [0.5, 0.6) is 0 Å². The Kier molecular flexibility index (Phi) is 4.26. The Morgan fingerprint density at radius 3 is 2.95 bits per heavy atom. The van der Waals surface area contributed by atoms with Crippen LogP contribution in [-0.4, -0.2) is 33.4 Å². The second-order valence-corrected chi connectivity index (χ2v) is 4.84. The molecule has 112 valence electrons. The zero-order valence-corrected chi connectivity index (χ0v) is 12.8. The zero-order chi connectivity index (χ0) is 15.6. The van der Waals surface area contributed by atoms with Crippen LogP contribution >= 0.6 is 0 Å². The van der Waals surface area contributed by atoms with E-state index in [1.54, 1.807) is 17.7 Å². The van der Waals surface area contributed by atoms with Gasteiger partial charge in [0.1, 0.15) is 5.56 Å². The van der Waals surface area contributed by atoms with Crippen molar-refractivity contribution in [2.45, 2.75) is 26.8 Å². The molecule has 0 bridgehead atoms. The van der Waals surface area contributed by atoms with E-state index in [9.17, 15) is 4.79 Å². The summed E-state index contributed by atoms with van der Waals surface area (Å²) in [4.78, 5) is 16.5. The number of carbonyl (C=O) groups is 1. The largest absolute Gasteiger partial charge is 0.462 e. The molecule has 0 aliphatic rings. The molecule has 2 aromatic heterocycles. The van der Waals surface area contributed by atoms with Gasteiger partial charge >= 0.3 is 5.97 Å². The Balaban J connectivity index is 2.67. The van der Waals surface area contributed by atoms with E-state index in [-0.39, 0.29) is 6.04 Å². The van der Waals surface area contributed by atoms with Gasteiger partial charge in [-0.3, -0.25) is 4.68 Å². The number of hydrogen-bond donors (Lipinski definition) is 1. The Morgan fingerprint density at radius 2 is 2.33 bits per heavy atom. The molecule has 0 saturated carbocycles. The van der Waals surface area contributed by atoms with Gasteiger partial charge in [0.2, 0.25) is 0 Å². The normalized spacial score (nSPS) is 12.2. The number of pyridine rings is 1. The summed E-state index contributed by atoms with van der Waals surface area (Å²) in [6.07, 6.45) is 3.30. The Bertz CT molecular complexity index is 691. The summed E-state index contributed by atoms with van der Waals surface area (Å²) in [6, 6.07) is 0.00313. The van der Waals surface area contributed by atoms with Crippen LogP contribution in [0.25, 0.3) is 11.0 Å². The lowest BCUT2D eigenvalue weighted by Gasteiger charge is -2.15. The molecule has 0 radical (unpaired) electrons. The van der Waals surface area contributed by atoms with Crippen molar-refractivity contribution in [3.8, 4) is 0 Å². The number of nitrogens with one attached hydrogen (secondary N) is 1. The number of carbonyl (C=O) groups excluding carboxylic acids is 1. The van der Waals surface area contributed by atoms with Crippen molar-refractivity contribution in [2.75, 3.05) is 11.9 Å². The summed E-state index contributed by atoms with van der Waals surface area (Å²) in [5.41, 5.74) is 2.63. The summed E-state index contributed by atoms with van der Waals surface area (Å²) in [5.74, 6) is -0.395. The molecule has 1 unspecified atom stereocenters. The third-order valence-corrected chi connectivity index (χ3v) is 3.25. The Hall–Kier alpha value is -2.37. The highest BCUT2D eigenvalue weighted by Gasteiger charge is 2.21. The van der Waals surface area contributed by atoms with Gasteiger partial charge in [-0.15, -0.1) is 6.58 Å². The Morgan fingerprint density at radius 1 is 1.62 bits per heavy atom. The maximum Gasteiger partial charge on any atom is 0.341 e. The molecule has 21 heavy (non-hydrogen) atoms. The maximum atomic E-state index is 12.1. The molecule has 2 aromatic rings. The molecule has 6 nitrogen and oxygen atoms in total. The van der Waals surface area contributed by atoms with Crippen molar-refractivity contribution in [3.63, 3.8) is 0 Å². The minimum absolute atomic E-state index is 0.00313. The number of esters is 1. The lowest BCUT2D eigenvalue weighted by atomic mass is 10.1. The number of nitrogens with zero attached hydrogens (tertiary/aromatic N) is 3. The molecular weight excluding hydrogens is 268 g/mol. The summed E-state index contributed by atoms with van der Waals surface area (Å²) >= 11 is 0. The van der Waals surface area contributed by atoms with E-state index in [2.05, 4.69) is 22.0 Å². The van der Waals surface area contributed by atoms with Crippen LogP contribution in [0.4, 0.5) is 5.69 Å². The van der Waals surface area contributed by atoms with Crippen LogP contribution in [0, 0.1) is 6.92 Å². The standard InChI is InChI=1S/C15H20N4O2/c1-6-9(3)17-13-11(15(20)21-7-2)8-16-14-12(13)10(4)18-19(14)5/h6,8-9H,1,7H2,2-5H3,(H,16,17). The van der Waals surface area contributed by atoms with Crippen LogP contribution in [-0.2, 0) is 11.8 Å². The van der Waals surface area contributed by atoms with E-state index in [0.29, 0.717) is 17.9 Å². The van der Waals surface area contributed by atoms with Gasteiger partial charge in [0, 0.05) is 19.3 Å². The molecule has 0 amide bonds. The summed E-state index contributed by atoms with van der Waals surface area (Å²) in [7, 11) is 1.83. The zero-order valence-electron chi connectivity index (χ0n) is 12.8. The van der Waals surface area contributed by atoms with Gasteiger partial charge < -0.3 is 10.1 Å². The van der Waals surface area contributed by atoms with Crippen molar-refractivity contribution in [1.82, 2.24) is 14.8 Å². The summed E-state index contributed by atoms with van der Waals surface area (Å²) in [6.45, 7) is 9.71. The molecule has 0 aliphatic carbocycles. The fourth-order valence-electron chi connectivity index (χ4n) is 2.21. The SMILES string of the molecule is C=CC(C)Nc1c(C(=O)OCC)cnc2c1c(C)nn2C. The third kappa shape index (κ3) is 2.74. The van der Waals surface area contributed by atoms with Gasteiger partial charge in [0.15, 0.2) is 5.65 Å². The number of rotatable bonds is 5. The molecule has 2 heterocycles. The topological polar surface area (TPSA) is 69.0 Å². The highest BCUT2D eigenvalue weighted by Crippen LogP contribution is 2.29. The summed E-state index contributed by atoms with van der Waals surface area (Å²) < 4.78 is 6.81. The molecule has 0 saturated heterocycles. The van der Waals surface area contributed by atoms with E-state index < -0.39 is 5.97 Å². The van der Waals surface area contributed by atoms with Crippen LogP contribution in [0.3, 0.4) is 0 Å². The number of aromatic nitrogens is 3. The van der Waals surface area contributed by atoms with Gasteiger partial charge in [-0.05, 0) is 20.8 Å². The molecular formula is C15H20N4O2. The first-order chi connectivity index (χ1) is 9.99. The van der Waals surface area contributed by atoms with Crippen molar-refractivity contribution >= 4 is 22.7 Å². The number of fused-ring (bicyclic) bond motifs is 1. The second kappa shape index (κ2) is 5.95. The van der Waals surface area contributed by atoms with Gasteiger partial charge in [-0.2, -0.15) is 5.10 Å². The number of aryl methyl sites for hydroxylation is 2. The highest BCUT2D eigenvalue weighted by atomic mass is 16.5. The predicted octanol–water partition coefficient (Wildman–Crippen LogP) is 2.44. The molecule has 0 aromatic carbocycles. The molecule has 1 N–H and O–H groups in total. The summed E-state index contributed by atoms with van der Waals surface area (Å²) in [5, 5.41) is 8.48. The smallest absolute Gasteiger partial charge is 0.341 e. The third-order valence-electron chi connectivity index (χ3n) is 3.25. The van der Waals surface area contributed by atoms with E-state index in [4.69, 9.17) is 4.74 Å². The van der Waals surface area contributed by atoms with E-state index >= 15 is 0 Å². The minimum atomic E-state index is -0.395. The molecule has 1 atom stereocenters. The lowest BCUT2D eigenvalue weighted by Crippen LogP contribution is -2.16. The van der Waals surface area contributed by atoms with Gasteiger partial charge in [-0.1, -0.05) is 6.08 Å². The van der Waals surface area contributed by atoms with Crippen LogP contribution in [0.2, 0.25) is 0 Å². The maximum absolute atomic E-state index is 12.1. The second-order valence-electron chi connectivity index (χ2n) is 4.84. The van der Waals surface area contributed by atoms with E-state index in [0.717, 1.165) is 16.7 Å². The van der Waals surface area contributed by atoms with E-state index in [1.165, 1.54) is 6.20 Å². The molecule has 2 rings (SSSR count). The number of ether oxygens (including phenoxy) is 1. The van der Waals surface area contributed by atoms with Gasteiger partial charge in [-0.25, -0.2) is 9.78 Å². The molecule has 0 aliphatic heterocycles.